The number of amides is 1. The Hall–Kier alpha value is -2.87. The predicted octanol–water partition coefficient (Wildman–Crippen LogP) is 3.32. The molecule has 8 heteroatoms. The summed E-state index contributed by atoms with van der Waals surface area (Å²) in [5.41, 5.74) is 1.88. The van der Waals surface area contributed by atoms with E-state index in [-0.39, 0.29) is 11.7 Å². The molecule has 0 aliphatic rings. The van der Waals surface area contributed by atoms with Crippen LogP contribution in [0, 0.1) is 6.92 Å². The van der Waals surface area contributed by atoms with Gasteiger partial charge in [0, 0.05) is 11.8 Å². The van der Waals surface area contributed by atoms with Gasteiger partial charge in [-0.15, -0.1) is 11.8 Å². The molecule has 134 valence electrons. The van der Waals surface area contributed by atoms with Gasteiger partial charge in [0.15, 0.2) is 0 Å². The largest absolute Gasteiger partial charge is 0.497 e. The average molecular weight is 370 g/mol. The van der Waals surface area contributed by atoms with Crippen molar-refractivity contribution in [2.24, 2.45) is 0 Å². The van der Waals surface area contributed by atoms with Crippen molar-refractivity contribution in [3.05, 3.63) is 54.0 Å². The minimum Gasteiger partial charge on any atom is -0.497 e. The molecule has 1 N–H and O–H groups in total. The van der Waals surface area contributed by atoms with Gasteiger partial charge in [0.2, 0.25) is 17.6 Å². The number of pyridine rings is 1. The molecule has 0 bridgehead atoms. The van der Waals surface area contributed by atoms with Crippen molar-refractivity contribution in [3.8, 4) is 17.1 Å². The number of thioether (sulfide) groups is 1. The molecule has 0 saturated heterocycles. The van der Waals surface area contributed by atoms with E-state index in [1.165, 1.54) is 11.8 Å². The summed E-state index contributed by atoms with van der Waals surface area (Å²) >= 11 is 1.40. The van der Waals surface area contributed by atoms with Crippen LogP contribution in [0.5, 0.6) is 5.75 Å². The molecule has 3 rings (SSSR count). The van der Waals surface area contributed by atoms with Gasteiger partial charge >= 0.3 is 0 Å². The van der Waals surface area contributed by atoms with Crippen LogP contribution in [-0.2, 0) is 10.5 Å². The fourth-order valence-electron chi connectivity index (χ4n) is 2.12. The standard InChI is InChI=1S/C18H18N4O3S/c1-12-3-8-15(19-9-12)20-16(23)10-26-11-17-21-18(22-25-17)13-4-6-14(24-2)7-5-13/h3-9H,10-11H2,1-2H3,(H,19,20,23). The molecular weight excluding hydrogens is 352 g/mol. The Bertz CT molecular complexity index is 863. The summed E-state index contributed by atoms with van der Waals surface area (Å²) in [5.74, 6) is 2.90. The van der Waals surface area contributed by atoms with E-state index < -0.39 is 0 Å². The van der Waals surface area contributed by atoms with Crippen LogP contribution in [0.4, 0.5) is 5.82 Å². The van der Waals surface area contributed by atoms with E-state index in [0.717, 1.165) is 16.9 Å². The molecule has 0 unspecified atom stereocenters. The van der Waals surface area contributed by atoms with E-state index in [0.29, 0.717) is 23.3 Å². The summed E-state index contributed by atoms with van der Waals surface area (Å²) in [7, 11) is 1.61. The Morgan fingerprint density at radius 2 is 2.04 bits per heavy atom. The molecule has 3 aromatic rings. The molecule has 0 atom stereocenters. The lowest BCUT2D eigenvalue weighted by atomic mass is 10.2. The van der Waals surface area contributed by atoms with Gasteiger partial charge in [-0.2, -0.15) is 4.98 Å². The summed E-state index contributed by atoms with van der Waals surface area (Å²) in [6.45, 7) is 1.94. The van der Waals surface area contributed by atoms with Crippen molar-refractivity contribution in [1.82, 2.24) is 15.1 Å². The number of benzene rings is 1. The number of aromatic nitrogens is 3. The molecule has 26 heavy (non-hydrogen) atoms. The number of methoxy groups -OCH3 is 1. The maximum Gasteiger partial charge on any atom is 0.236 e. The maximum absolute atomic E-state index is 11.9. The van der Waals surface area contributed by atoms with Crippen molar-refractivity contribution in [3.63, 3.8) is 0 Å². The Kier molecular flexibility index (Phi) is 5.85. The first-order chi connectivity index (χ1) is 12.6. The lowest BCUT2D eigenvalue weighted by Gasteiger charge is -2.03. The van der Waals surface area contributed by atoms with Gasteiger partial charge in [-0.1, -0.05) is 11.2 Å². The van der Waals surface area contributed by atoms with Crippen LogP contribution in [-0.4, -0.2) is 33.9 Å². The van der Waals surface area contributed by atoms with Crippen LogP contribution in [0.15, 0.2) is 47.1 Å². The number of aryl methyl sites for hydroxylation is 1. The molecule has 0 aliphatic heterocycles. The van der Waals surface area contributed by atoms with E-state index in [9.17, 15) is 4.79 Å². The fourth-order valence-corrected chi connectivity index (χ4v) is 2.77. The van der Waals surface area contributed by atoms with Crippen molar-refractivity contribution in [2.45, 2.75) is 12.7 Å². The number of nitrogens with zero attached hydrogens (tertiary/aromatic N) is 3. The lowest BCUT2D eigenvalue weighted by Crippen LogP contribution is -2.15. The summed E-state index contributed by atoms with van der Waals surface area (Å²) in [5, 5.41) is 6.71. The molecule has 2 aromatic heterocycles. The minimum atomic E-state index is -0.124. The van der Waals surface area contributed by atoms with Crippen molar-refractivity contribution >= 4 is 23.5 Å². The summed E-state index contributed by atoms with van der Waals surface area (Å²) in [6, 6.07) is 11.1. The van der Waals surface area contributed by atoms with E-state index in [4.69, 9.17) is 9.26 Å². The quantitative estimate of drug-likeness (QED) is 0.682. The topological polar surface area (TPSA) is 90.1 Å². The second-order valence-electron chi connectivity index (χ2n) is 5.50. The van der Waals surface area contributed by atoms with Crippen molar-refractivity contribution in [1.29, 1.82) is 0 Å². The molecule has 0 saturated carbocycles. The van der Waals surface area contributed by atoms with Gasteiger partial charge in [0.05, 0.1) is 18.6 Å². The summed E-state index contributed by atoms with van der Waals surface area (Å²) in [6.07, 6.45) is 1.71. The normalized spacial score (nSPS) is 10.5. The third-order valence-corrected chi connectivity index (χ3v) is 4.37. The molecule has 0 aliphatic carbocycles. The van der Waals surface area contributed by atoms with Crippen molar-refractivity contribution in [2.75, 3.05) is 18.2 Å². The molecule has 1 amide bonds. The predicted molar refractivity (Wildman–Crippen MR) is 100 cm³/mol. The number of hydrogen-bond donors (Lipinski definition) is 1. The molecule has 0 fully saturated rings. The second-order valence-corrected chi connectivity index (χ2v) is 6.49. The van der Waals surface area contributed by atoms with Crippen LogP contribution in [0.2, 0.25) is 0 Å². The lowest BCUT2D eigenvalue weighted by molar-refractivity contribution is -0.113. The summed E-state index contributed by atoms with van der Waals surface area (Å²) < 4.78 is 10.4. The molecule has 2 heterocycles. The second kappa shape index (κ2) is 8.48. The highest BCUT2D eigenvalue weighted by Gasteiger charge is 2.10. The van der Waals surface area contributed by atoms with Crippen LogP contribution in [0.3, 0.4) is 0 Å². The van der Waals surface area contributed by atoms with Crippen LogP contribution in [0.25, 0.3) is 11.4 Å². The Morgan fingerprint density at radius 1 is 1.23 bits per heavy atom. The van der Waals surface area contributed by atoms with Crippen LogP contribution in [0.1, 0.15) is 11.5 Å². The third kappa shape index (κ3) is 4.82. The number of carbonyl (C=O) groups excluding carboxylic acids is 1. The van der Waals surface area contributed by atoms with Gasteiger partial charge in [0.25, 0.3) is 0 Å². The van der Waals surface area contributed by atoms with E-state index in [2.05, 4.69) is 20.4 Å². The smallest absolute Gasteiger partial charge is 0.236 e. The molecule has 0 spiro atoms. The number of nitrogens with one attached hydrogen (secondary N) is 1. The highest BCUT2D eigenvalue weighted by atomic mass is 32.2. The van der Waals surface area contributed by atoms with Gasteiger partial charge in [-0.3, -0.25) is 4.79 Å². The van der Waals surface area contributed by atoms with E-state index in [1.54, 1.807) is 19.4 Å². The van der Waals surface area contributed by atoms with Gasteiger partial charge in [0.1, 0.15) is 11.6 Å². The SMILES string of the molecule is COc1ccc(-c2noc(CSCC(=O)Nc3ccc(C)cn3)n2)cc1. The molecule has 0 radical (unpaired) electrons. The molecule has 7 nitrogen and oxygen atoms in total. The number of rotatable bonds is 7. The third-order valence-electron chi connectivity index (χ3n) is 3.45. The Morgan fingerprint density at radius 3 is 2.73 bits per heavy atom. The first-order valence-corrected chi connectivity index (χ1v) is 9.07. The number of carbonyl (C=O) groups is 1. The fraction of sp³-hybridized carbons (Fsp3) is 0.222. The highest BCUT2D eigenvalue weighted by Crippen LogP contribution is 2.21. The monoisotopic (exact) mass is 370 g/mol. The minimum absolute atomic E-state index is 0.124. The number of hydrogen-bond acceptors (Lipinski definition) is 7. The zero-order valence-electron chi connectivity index (χ0n) is 14.4. The first-order valence-electron chi connectivity index (χ1n) is 7.91. The highest BCUT2D eigenvalue weighted by molar-refractivity contribution is 7.99. The molecular formula is C18H18N4O3S. The van der Waals surface area contributed by atoms with Crippen molar-refractivity contribution < 1.29 is 14.1 Å². The maximum atomic E-state index is 11.9. The summed E-state index contributed by atoms with van der Waals surface area (Å²) in [4.78, 5) is 20.4. The van der Waals surface area contributed by atoms with Gasteiger partial charge in [-0.05, 0) is 42.8 Å². The number of anilines is 1. The average Bonchev–Trinajstić information content (AvgIpc) is 3.12. The molecule has 1 aromatic carbocycles. The van der Waals surface area contributed by atoms with Gasteiger partial charge in [-0.25, -0.2) is 4.98 Å². The zero-order chi connectivity index (χ0) is 18.4. The van der Waals surface area contributed by atoms with Crippen LogP contribution < -0.4 is 10.1 Å². The Labute approximate surface area is 155 Å². The van der Waals surface area contributed by atoms with E-state index in [1.807, 2.05) is 37.3 Å². The number of ether oxygens (including phenoxy) is 1. The van der Waals surface area contributed by atoms with Gasteiger partial charge < -0.3 is 14.6 Å². The first kappa shape index (κ1) is 17.9. The van der Waals surface area contributed by atoms with E-state index >= 15 is 0 Å². The van der Waals surface area contributed by atoms with Crippen LogP contribution >= 0.6 is 11.8 Å². The zero-order valence-corrected chi connectivity index (χ0v) is 15.2. The Balaban J connectivity index is 1.48.